The van der Waals surface area contributed by atoms with Crippen molar-refractivity contribution in [1.29, 1.82) is 0 Å². The first-order valence-corrected chi connectivity index (χ1v) is 4.29. The number of nitrogens with one attached hydrogen (secondary N) is 1. The first kappa shape index (κ1) is 8.61. The summed E-state index contributed by atoms with van der Waals surface area (Å²) < 4.78 is 0. The fourth-order valence-electron chi connectivity index (χ4n) is 1.12. The molecule has 72 valence electrons. The molecular weight excluding hydrogens is 180 g/mol. The second-order valence-corrected chi connectivity index (χ2v) is 2.69. The molecule has 0 spiro atoms. The molecule has 14 heavy (non-hydrogen) atoms. The van der Waals surface area contributed by atoms with E-state index in [2.05, 4.69) is 25.3 Å². The van der Waals surface area contributed by atoms with Crippen molar-refractivity contribution in [2.75, 3.05) is 17.6 Å². The lowest BCUT2D eigenvalue weighted by molar-refractivity contribution is 1.09. The van der Waals surface area contributed by atoms with Gasteiger partial charge in [-0.1, -0.05) is 0 Å². The second-order valence-electron chi connectivity index (χ2n) is 2.69. The minimum absolute atomic E-state index is 0.346. The van der Waals surface area contributed by atoms with Gasteiger partial charge in [0.25, 0.3) is 0 Å². The van der Waals surface area contributed by atoms with Crippen molar-refractivity contribution < 1.29 is 0 Å². The number of aromatic nitrogens is 4. The molecule has 2 rings (SSSR count). The van der Waals surface area contributed by atoms with Crippen LogP contribution in [0.25, 0.3) is 11.2 Å². The highest BCUT2D eigenvalue weighted by molar-refractivity contribution is 5.81. The summed E-state index contributed by atoms with van der Waals surface area (Å²) in [5, 5.41) is 2.97. The third-order valence-electron chi connectivity index (χ3n) is 1.69. The van der Waals surface area contributed by atoms with Gasteiger partial charge >= 0.3 is 0 Å². The summed E-state index contributed by atoms with van der Waals surface area (Å²) in [7, 11) is 0. The van der Waals surface area contributed by atoms with Gasteiger partial charge in [0, 0.05) is 18.9 Å². The number of nitrogens with two attached hydrogens (primary N) is 1. The molecule has 0 aromatic carbocycles. The Morgan fingerprint density at radius 1 is 1.29 bits per heavy atom. The van der Waals surface area contributed by atoms with Crippen LogP contribution in [0.4, 0.5) is 11.8 Å². The topological polar surface area (TPSA) is 89.6 Å². The molecule has 2 aromatic rings. The van der Waals surface area contributed by atoms with Gasteiger partial charge in [0.05, 0.1) is 0 Å². The van der Waals surface area contributed by atoms with E-state index in [4.69, 9.17) is 5.73 Å². The summed E-state index contributed by atoms with van der Waals surface area (Å²) in [4.78, 5) is 16.3. The molecule has 0 radical (unpaired) electrons. The van der Waals surface area contributed by atoms with Gasteiger partial charge in [-0.05, 0) is 6.92 Å². The molecule has 0 saturated heterocycles. The summed E-state index contributed by atoms with van der Waals surface area (Å²) >= 11 is 0. The fraction of sp³-hybridized carbons (Fsp3) is 0.250. The van der Waals surface area contributed by atoms with E-state index >= 15 is 0 Å². The number of nitrogen functional groups attached to an aromatic ring is 1. The second kappa shape index (κ2) is 3.41. The highest BCUT2D eigenvalue weighted by Crippen LogP contribution is 2.13. The molecule has 3 N–H and O–H groups in total. The van der Waals surface area contributed by atoms with Crippen molar-refractivity contribution in [2.24, 2.45) is 0 Å². The Bertz CT molecular complexity index is 455. The number of hydrogen-bond acceptors (Lipinski definition) is 6. The predicted octanol–water partition coefficient (Wildman–Crippen LogP) is 0.434. The molecule has 6 nitrogen and oxygen atoms in total. The quantitative estimate of drug-likeness (QED) is 0.713. The average molecular weight is 190 g/mol. The molecule has 0 saturated carbocycles. The van der Waals surface area contributed by atoms with Crippen molar-refractivity contribution in [3.8, 4) is 0 Å². The Hall–Kier alpha value is -1.98. The maximum atomic E-state index is 5.69. The van der Waals surface area contributed by atoms with E-state index < -0.39 is 0 Å². The van der Waals surface area contributed by atoms with E-state index in [0.717, 1.165) is 6.54 Å². The van der Waals surface area contributed by atoms with Gasteiger partial charge in [0.1, 0.15) is 5.52 Å². The standard InChI is InChI=1S/C8H10N6/c1-2-10-8-13-6(9)5-7(14-8)12-4-3-11-5/h3-4H,2H2,1H3,(H3,9,10,12,13,14). The SMILES string of the molecule is CCNc1nc(N)c2nccnc2n1. The van der Waals surface area contributed by atoms with Gasteiger partial charge in [-0.25, -0.2) is 9.97 Å². The van der Waals surface area contributed by atoms with Crippen LogP contribution in [0.1, 0.15) is 6.92 Å². The number of rotatable bonds is 2. The minimum Gasteiger partial charge on any atom is -0.382 e. The summed E-state index contributed by atoms with van der Waals surface area (Å²) in [5.74, 6) is 0.831. The number of nitrogens with zero attached hydrogens (tertiary/aromatic N) is 4. The Morgan fingerprint density at radius 2 is 2.07 bits per heavy atom. The van der Waals surface area contributed by atoms with Crippen LogP contribution in [-0.4, -0.2) is 26.5 Å². The zero-order chi connectivity index (χ0) is 9.97. The highest BCUT2D eigenvalue weighted by Gasteiger charge is 2.05. The third-order valence-corrected chi connectivity index (χ3v) is 1.69. The Kier molecular flexibility index (Phi) is 2.10. The van der Waals surface area contributed by atoms with Gasteiger partial charge in [-0.15, -0.1) is 0 Å². The van der Waals surface area contributed by atoms with Crippen LogP contribution in [-0.2, 0) is 0 Å². The molecule has 0 fully saturated rings. The summed E-state index contributed by atoms with van der Waals surface area (Å²) in [6.45, 7) is 2.70. The largest absolute Gasteiger partial charge is 0.382 e. The number of hydrogen-bond donors (Lipinski definition) is 2. The zero-order valence-corrected chi connectivity index (χ0v) is 7.73. The Balaban J connectivity index is 2.60. The average Bonchev–Trinajstić information content (AvgIpc) is 2.18. The number of fused-ring (bicyclic) bond motifs is 1. The van der Waals surface area contributed by atoms with Crippen molar-refractivity contribution in [1.82, 2.24) is 19.9 Å². The molecule has 2 heterocycles. The molecule has 2 aromatic heterocycles. The normalized spacial score (nSPS) is 10.4. The number of anilines is 2. The van der Waals surface area contributed by atoms with Gasteiger partial charge in [0.2, 0.25) is 5.95 Å². The van der Waals surface area contributed by atoms with Crippen LogP contribution in [0.2, 0.25) is 0 Å². The van der Waals surface area contributed by atoms with E-state index in [1.165, 1.54) is 0 Å². The molecule has 0 aliphatic rings. The smallest absolute Gasteiger partial charge is 0.226 e. The summed E-state index contributed by atoms with van der Waals surface area (Å²) in [5.41, 5.74) is 6.74. The van der Waals surface area contributed by atoms with Crippen molar-refractivity contribution in [2.45, 2.75) is 6.92 Å². The zero-order valence-electron chi connectivity index (χ0n) is 7.73. The van der Waals surface area contributed by atoms with Crippen LogP contribution in [0, 0.1) is 0 Å². The first-order valence-electron chi connectivity index (χ1n) is 4.29. The maximum Gasteiger partial charge on any atom is 0.226 e. The van der Waals surface area contributed by atoms with Crippen molar-refractivity contribution in [3.63, 3.8) is 0 Å². The summed E-state index contributed by atoms with van der Waals surface area (Å²) in [6.07, 6.45) is 3.14. The van der Waals surface area contributed by atoms with E-state index in [1.54, 1.807) is 12.4 Å². The predicted molar refractivity (Wildman–Crippen MR) is 53.7 cm³/mol. The lowest BCUT2D eigenvalue weighted by Gasteiger charge is -2.03. The lowest BCUT2D eigenvalue weighted by atomic mass is 10.5. The molecule has 0 amide bonds. The molecule has 0 atom stereocenters. The Morgan fingerprint density at radius 3 is 2.86 bits per heavy atom. The molecule has 0 bridgehead atoms. The van der Waals surface area contributed by atoms with Gasteiger partial charge in [-0.3, -0.25) is 0 Å². The van der Waals surface area contributed by atoms with Gasteiger partial charge in [-0.2, -0.15) is 9.97 Å². The van der Waals surface area contributed by atoms with Gasteiger partial charge in [0.15, 0.2) is 11.5 Å². The molecular formula is C8H10N6. The van der Waals surface area contributed by atoms with Crippen molar-refractivity contribution >= 4 is 22.9 Å². The molecule has 0 aliphatic heterocycles. The minimum atomic E-state index is 0.346. The van der Waals surface area contributed by atoms with Crippen LogP contribution < -0.4 is 11.1 Å². The fourth-order valence-corrected chi connectivity index (χ4v) is 1.12. The maximum absolute atomic E-state index is 5.69. The highest BCUT2D eigenvalue weighted by atomic mass is 15.1. The van der Waals surface area contributed by atoms with Crippen LogP contribution in [0.3, 0.4) is 0 Å². The first-order chi connectivity index (χ1) is 6.81. The lowest BCUT2D eigenvalue weighted by Crippen LogP contribution is -2.06. The molecule has 0 aliphatic carbocycles. The van der Waals surface area contributed by atoms with E-state index in [1.807, 2.05) is 6.92 Å². The van der Waals surface area contributed by atoms with Crippen molar-refractivity contribution in [3.05, 3.63) is 12.4 Å². The van der Waals surface area contributed by atoms with Crippen LogP contribution >= 0.6 is 0 Å². The van der Waals surface area contributed by atoms with E-state index in [-0.39, 0.29) is 0 Å². The van der Waals surface area contributed by atoms with Crippen LogP contribution in [0.15, 0.2) is 12.4 Å². The third kappa shape index (κ3) is 1.41. The Labute approximate surface area is 80.6 Å². The van der Waals surface area contributed by atoms with E-state index in [0.29, 0.717) is 22.9 Å². The molecule has 0 unspecified atom stereocenters. The molecule has 6 heteroatoms. The van der Waals surface area contributed by atoms with E-state index in [9.17, 15) is 0 Å². The van der Waals surface area contributed by atoms with Gasteiger partial charge < -0.3 is 11.1 Å². The van der Waals surface area contributed by atoms with Crippen LogP contribution in [0.5, 0.6) is 0 Å². The summed E-state index contributed by atoms with van der Waals surface area (Å²) in [6, 6.07) is 0. The monoisotopic (exact) mass is 190 g/mol.